The molecule has 1 atom stereocenters. The maximum Gasteiger partial charge on any atom is 0.416 e. The van der Waals surface area contributed by atoms with Gasteiger partial charge in [-0.2, -0.15) is 13.2 Å². The van der Waals surface area contributed by atoms with Gasteiger partial charge in [0.2, 0.25) is 5.91 Å². The van der Waals surface area contributed by atoms with E-state index in [2.05, 4.69) is 4.90 Å². The van der Waals surface area contributed by atoms with E-state index in [9.17, 15) is 18.0 Å². The smallest absolute Gasteiger partial charge is 0.368 e. The van der Waals surface area contributed by atoms with Crippen LogP contribution in [0.3, 0.4) is 0 Å². The standard InChI is InChI=1S/C25H28ClF3N2O2/c26-22-10-6-19(7-11-22)23(33-17-18-4-8-21(9-5-18)25(27,28)29)16-30-12-14-31(15-13-30)24(32)20-2-1-3-20/h4-11,20,23H,1-3,12-17H2/t23-/m1/s1. The molecule has 0 aromatic heterocycles. The minimum Gasteiger partial charge on any atom is -0.368 e. The van der Waals surface area contributed by atoms with Crippen LogP contribution in [0.4, 0.5) is 13.2 Å². The lowest BCUT2D eigenvalue weighted by molar-refractivity contribution is -0.140. The largest absolute Gasteiger partial charge is 0.416 e. The van der Waals surface area contributed by atoms with Gasteiger partial charge in [-0.25, -0.2) is 0 Å². The third-order valence-corrected chi connectivity index (χ3v) is 6.79. The van der Waals surface area contributed by atoms with Crippen LogP contribution in [0, 0.1) is 5.92 Å². The summed E-state index contributed by atoms with van der Waals surface area (Å²) in [5.74, 6) is 0.499. The van der Waals surface area contributed by atoms with Crippen LogP contribution >= 0.6 is 11.6 Å². The fourth-order valence-electron chi connectivity index (χ4n) is 4.22. The molecule has 0 spiro atoms. The van der Waals surface area contributed by atoms with Crippen LogP contribution in [0.25, 0.3) is 0 Å². The summed E-state index contributed by atoms with van der Waals surface area (Å²) in [7, 11) is 0. The van der Waals surface area contributed by atoms with E-state index in [1.807, 2.05) is 17.0 Å². The van der Waals surface area contributed by atoms with Crippen LogP contribution in [0.1, 0.15) is 42.1 Å². The second-order valence-corrected chi connectivity index (χ2v) is 9.24. The second-order valence-electron chi connectivity index (χ2n) is 8.80. The molecule has 1 heterocycles. The molecule has 2 aromatic carbocycles. The van der Waals surface area contributed by atoms with Gasteiger partial charge in [0.1, 0.15) is 0 Å². The van der Waals surface area contributed by atoms with Gasteiger partial charge in [-0.15, -0.1) is 0 Å². The Hall–Kier alpha value is -2.09. The fraction of sp³-hybridized carbons (Fsp3) is 0.480. The zero-order valence-corrected chi connectivity index (χ0v) is 19.1. The van der Waals surface area contributed by atoms with E-state index in [-0.39, 0.29) is 24.5 Å². The monoisotopic (exact) mass is 480 g/mol. The molecule has 0 radical (unpaired) electrons. The van der Waals surface area contributed by atoms with Crippen molar-refractivity contribution in [2.75, 3.05) is 32.7 Å². The first kappa shape index (κ1) is 24.0. The number of rotatable bonds is 7. The van der Waals surface area contributed by atoms with Crippen molar-refractivity contribution in [3.05, 3.63) is 70.2 Å². The molecule has 4 rings (SSSR count). The Labute approximate surface area is 197 Å². The Morgan fingerprint density at radius 1 is 1.00 bits per heavy atom. The van der Waals surface area contributed by atoms with E-state index < -0.39 is 11.7 Å². The third kappa shape index (κ3) is 6.28. The maximum absolute atomic E-state index is 12.8. The van der Waals surface area contributed by atoms with Gasteiger partial charge < -0.3 is 9.64 Å². The predicted molar refractivity (Wildman–Crippen MR) is 121 cm³/mol. The molecule has 1 aliphatic heterocycles. The summed E-state index contributed by atoms with van der Waals surface area (Å²) in [6, 6.07) is 12.5. The number of carbonyl (C=O) groups excluding carboxylic acids is 1. The van der Waals surface area contributed by atoms with Gasteiger partial charge in [-0.05, 0) is 48.2 Å². The Morgan fingerprint density at radius 3 is 2.18 bits per heavy atom. The van der Waals surface area contributed by atoms with Gasteiger partial charge in [0, 0.05) is 43.7 Å². The highest BCUT2D eigenvalue weighted by atomic mass is 35.5. The van der Waals surface area contributed by atoms with Crippen molar-refractivity contribution >= 4 is 17.5 Å². The van der Waals surface area contributed by atoms with Crippen LogP contribution in [0.5, 0.6) is 0 Å². The molecule has 1 aliphatic carbocycles. The lowest BCUT2D eigenvalue weighted by Gasteiger charge is -2.39. The van der Waals surface area contributed by atoms with Crippen molar-refractivity contribution < 1.29 is 22.7 Å². The number of piperazine rings is 1. The number of alkyl halides is 3. The topological polar surface area (TPSA) is 32.8 Å². The highest BCUT2D eigenvalue weighted by Gasteiger charge is 2.32. The first-order chi connectivity index (χ1) is 15.8. The second kappa shape index (κ2) is 10.5. The van der Waals surface area contributed by atoms with Crippen molar-refractivity contribution in [1.82, 2.24) is 9.80 Å². The Kier molecular flexibility index (Phi) is 7.62. The molecule has 0 unspecified atom stereocenters. The van der Waals surface area contributed by atoms with Gasteiger partial charge in [-0.1, -0.05) is 42.3 Å². The summed E-state index contributed by atoms with van der Waals surface area (Å²) in [5, 5.41) is 0.628. The van der Waals surface area contributed by atoms with Gasteiger partial charge in [0.05, 0.1) is 18.3 Å². The highest BCUT2D eigenvalue weighted by molar-refractivity contribution is 6.30. The molecule has 1 amide bonds. The lowest BCUT2D eigenvalue weighted by atomic mass is 9.84. The molecule has 2 aliphatic rings. The number of nitrogens with zero attached hydrogens (tertiary/aromatic N) is 2. The fourth-order valence-corrected chi connectivity index (χ4v) is 4.34. The third-order valence-electron chi connectivity index (χ3n) is 6.54. The molecular weight excluding hydrogens is 453 g/mol. The van der Waals surface area contributed by atoms with E-state index >= 15 is 0 Å². The van der Waals surface area contributed by atoms with Gasteiger partial charge in [-0.3, -0.25) is 9.69 Å². The number of hydrogen-bond acceptors (Lipinski definition) is 3. The van der Waals surface area contributed by atoms with Crippen LogP contribution in [-0.2, 0) is 22.3 Å². The van der Waals surface area contributed by atoms with E-state index in [0.29, 0.717) is 30.2 Å². The normalized spacial score (nSPS) is 18.7. The first-order valence-electron chi connectivity index (χ1n) is 11.3. The van der Waals surface area contributed by atoms with E-state index in [4.69, 9.17) is 16.3 Å². The molecule has 0 bridgehead atoms. The van der Waals surface area contributed by atoms with Gasteiger partial charge >= 0.3 is 6.18 Å². The van der Waals surface area contributed by atoms with Crippen molar-refractivity contribution in [2.45, 2.75) is 38.1 Å². The lowest BCUT2D eigenvalue weighted by Crippen LogP contribution is -2.51. The molecule has 178 valence electrons. The molecule has 4 nitrogen and oxygen atoms in total. The van der Waals surface area contributed by atoms with Crippen LogP contribution in [0.2, 0.25) is 5.02 Å². The Balaban J connectivity index is 1.37. The summed E-state index contributed by atoms with van der Waals surface area (Å²) >= 11 is 6.04. The average Bonchev–Trinajstić information content (AvgIpc) is 2.76. The zero-order valence-electron chi connectivity index (χ0n) is 18.4. The summed E-state index contributed by atoms with van der Waals surface area (Å²) in [4.78, 5) is 16.8. The summed E-state index contributed by atoms with van der Waals surface area (Å²) < 4.78 is 44.6. The van der Waals surface area contributed by atoms with Crippen molar-refractivity contribution in [3.8, 4) is 0 Å². The van der Waals surface area contributed by atoms with Gasteiger partial charge in [0.15, 0.2) is 0 Å². The number of carbonyl (C=O) groups is 1. The molecule has 2 aromatic rings. The van der Waals surface area contributed by atoms with Gasteiger partial charge in [0.25, 0.3) is 0 Å². The Bertz CT molecular complexity index is 922. The molecular formula is C25H28ClF3N2O2. The Morgan fingerprint density at radius 2 is 1.64 bits per heavy atom. The van der Waals surface area contributed by atoms with E-state index in [1.54, 1.807) is 12.1 Å². The number of benzene rings is 2. The minimum atomic E-state index is -4.35. The molecule has 0 N–H and O–H groups in total. The number of amides is 1. The zero-order chi connectivity index (χ0) is 23.4. The molecule has 1 saturated carbocycles. The summed E-state index contributed by atoms with van der Waals surface area (Å²) in [6.07, 6.45) is -1.45. The summed E-state index contributed by atoms with van der Waals surface area (Å²) in [5.41, 5.74) is 0.965. The molecule has 1 saturated heterocycles. The number of hydrogen-bond donors (Lipinski definition) is 0. The van der Waals surface area contributed by atoms with Crippen LogP contribution in [0.15, 0.2) is 48.5 Å². The number of halogens is 4. The highest BCUT2D eigenvalue weighted by Crippen LogP contribution is 2.30. The van der Waals surface area contributed by atoms with Crippen LogP contribution in [-0.4, -0.2) is 48.4 Å². The molecule has 2 fully saturated rings. The maximum atomic E-state index is 12.8. The van der Waals surface area contributed by atoms with Crippen molar-refractivity contribution in [2.24, 2.45) is 5.92 Å². The quantitative estimate of drug-likeness (QED) is 0.520. The summed E-state index contributed by atoms with van der Waals surface area (Å²) in [6.45, 7) is 3.79. The average molecular weight is 481 g/mol. The first-order valence-corrected chi connectivity index (χ1v) is 11.7. The minimum absolute atomic E-state index is 0.200. The van der Waals surface area contributed by atoms with Crippen molar-refractivity contribution in [3.63, 3.8) is 0 Å². The number of ether oxygens (including phenoxy) is 1. The SMILES string of the molecule is O=C(C1CCC1)N1CCN(C[C@@H](OCc2ccc(C(F)(F)F)cc2)c2ccc(Cl)cc2)CC1. The van der Waals surface area contributed by atoms with Crippen LogP contribution < -0.4 is 0 Å². The van der Waals surface area contributed by atoms with E-state index in [1.165, 1.54) is 12.1 Å². The predicted octanol–water partition coefficient (Wildman–Crippen LogP) is 5.56. The molecule has 8 heteroatoms. The van der Waals surface area contributed by atoms with E-state index in [0.717, 1.165) is 50.0 Å². The molecule has 33 heavy (non-hydrogen) atoms. The van der Waals surface area contributed by atoms with Crippen molar-refractivity contribution in [1.29, 1.82) is 0 Å².